The molecule has 1 aliphatic rings. The number of hydrogen-bond donors (Lipinski definition) is 0. The molecule has 5 nitrogen and oxygen atoms in total. The van der Waals surface area contributed by atoms with Crippen molar-refractivity contribution in [2.45, 2.75) is 13.8 Å². The standard InChI is InChI=1S/C18H25N3O2S/c1-13-7-6-8-14(2)18(13)21(10-9-19(3)4)15(22)11-17-20(5)16(23)12-24-17/h6-8,11H,9-10,12H2,1-5H3/b17-11-. The molecule has 0 spiro atoms. The highest BCUT2D eigenvalue weighted by Crippen LogP contribution is 2.29. The fraction of sp³-hybridized carbons (Fsp3) is 0.444. The van der Waals surface area contributed by atoms with Crippen LogP contribution in [0.4, 0.5) is 5.69 Å². The highest BCUT2D eigenvalue weighted by atomic mass is 32.2. The molecule has 1 fully saturated rings. The molecule has 0 radical (unpaired) electrons. The van der Waals surface area contributed by atoms with Crippen molar-refractivity contribution >= 4 is 29.3 Å². The normalized spacial score (nSPS) is 16.3. The van der Waals surface area contributed by atoms with Gasteiger partial charge >= 0.3 is 0 Å². The van der Waals surface area contributed by atoms with E-state index in [4.69, 9.17) is 0 Å². The zero-order chi connectivity index (χ0) is 17.9. The summed E-state index contributed by atoms with van der Waals surface area (Å²) in [6, 6.07) is 6.04. The van der Waals surface area contributed by atoms with E-state index >= 15 is 0 Å². The van der Waals surface area contributed by atoms with E-state index in [1.165, 1.54) is 11.8 Å². The van der Waals surface area contributed by atoms with Crippen molar-refractivity contribution < 1.29 is 9.59 Å². The molecule has 0 N–H and O–H groups in total. The molecule has 0 bridgehead atoms. The van der Waals surface area contributed by atoms with Crippen LogP contribution < -0.4 is 4.90 Å². The van der Waals surface area contributed by atoms with E-state index in [0.717, 1.165) is 23.4 Å². The SMILES string of the molecule is Cc1cccc(C)c1N(CCN(C)C)C(=O)/C=C1\SCC(=O)N1C. The predicted molar refractivity (Wildman–Crippen MR) is 100 cm³/mol. The molecular formula is C18H25N3O2S. The summed E-state index contributed by atoms with van der Waals surface area (Å²) in [5.74, 6) is 0.348. The lowest BCUT2D eigenvalue weighted by Gasteiger charge is -2.27. The van der Waals surface area contributed by atoms with Gasteiger partial charge in [-0.15, -0.1) is 0 Å². The van der Waals surface area contributed by atoms with Gasteiger partial charge in [-0.25, -0.2) is 0 Å². The zero-order valence-corrected chi connectivity index (χ0v) is 15.8. The van der Waals surface area contributed by atoms with Crippen LogP contribution in [0.1, 0.15) is 11.1 Å². The average molecular weight is 347 g/mol. The molecule has 1 saturated heterocycles. The number of likely N-dealkylation sites (N-methyl/N-ethyl adjacent to an activating group) is 1. The Bertz CT molecular complexity index is 650. The highest BCUT2D eigenvalue weighted by molar-refractivity contribution is 8.04. The molecule has 6 heteroatoms. The molecule has 0 saturated carbocycles. The topological polar surface area (TPSA) is 43.9 Å². The van der Waals surface area contributed by atoms with Crippen LogP contribution in [-0.2, 0) is 9.59 Å². The number of para-hydroxylation sites is 1. The maximum atomic E-state index is 12.9. The molecule has 2 rings (SSSR count). The molecular weight excluding hydrogens is 322 g/mol. The van der Waals surface area contributed by atoms with Crippen LogP contribution in [0.2, 0.25) is 0 Å². The van der Waals surface area contributed by atoms with Crippen LogP contribution >= 0.6 is 11.8 Å². The number of anilines is 1. The average Bonchev–Trinajstić information content (AvgIpc) is 2.81. The van der Waals surface area contributed by atoms with Crippen molar-refractivity contribution in [1.82, 2.24) is 9.80 Å². The number of hydrogen-bond acceptors (Lipinski definition) is 4. The predicted octanol–water partition coefficient (Wildman–Crippen LogP) is 2.24. The van der Waals surface area contributed by atoms with Gasteiger partial charge in [-0.2, -0.15) is 0 Å². The Labute approximate surface area is 148 Å². The largest absolute Gasteiger partial charge is 0.309 e. The first kappa shape index (κ1) is 18.5. The van der Waals surface area contributed by atoms with E-state index in [-0.39, 0.29) is 11.8 Å². The Balaban J connectivity index is 2.34. The van der Waals surface area contributed by atoms with Crippen LogP contribution in [0, 0.1) is 13.8 Å². The molecule has 0 atom stereocenters. The minimum Gasteiger partial charge on any atom is -0.309 e. The maximum Gasteiger partial charge on any atom is 0.253 e. The Morgan fingerprint density at radius 3 is 2.38 bits per heavy atom. The third-order valence-corrected chi connectivity index (χ3v) is 5.12. The summed E-state index contributed by atoms with van der Waals surface area (Å²) >= 11 is 1.41. The van der Waals surface area contributed by atoms with Crippen molar-refractivity contribution in [2.75, 3.05) is 44.9 Å². The van der Waals surface area contributed by atoms with Crippen LogP contribution in [0.5, 0.6) is 0 Å². The second-order valence-corrected chi connectivity index (χ2v) is 7.25. The Kier molecular flexibility index (Phi) is 6.07. The van der Waals surface area contributed by atoms with Crippen LogP contribution in [0.3, 0.4) is 0 Å². The summed E-state index contributed by atoms with van der Waals surface area (Å²) in [6.45, 7) is 5.41. The third-order valence-electron chi connectivity index (χ3n) is 4.04. The molecule has 1 heterocycles. The fourth-order valence-corrected chi connectivity index (χ4v) is 3.58. The number of carbonyl (C=O) groups excluding carboxylic acids is 2. The summed E-state index contributed by atoms with van der Waals surface area (Å²) in [5, 5.41) is 0.714. The van der Waals surface area contributed by atoms with Gasteiger partial charge in [-0.3, -0.25) is 9.59 Å². The van der Waals surface area contributed by atoms with E-state index in [2.05, 4.69) is 4.90 Å². The summed E-state index contributed by atoms with van der Waals surface area (Å²) in [4.78, 5) is 30.0. The van der Waals surface area contributed by atoms with Crippen molar-refractivity contribution in [3.63, 3.8) is 0 Å². The van der Waals surface area contributed by atoms with Gasteiger partial charge in [0.1, 0.15) is 0 Å². The fourth-order valence-electron chi connectivity index (χ4n) is 2.64. The summed E-state index contributed by atoms with van der Waals surface area (Å²) in [7, 11) is 5.70. The minimum atomic E-state index is -0.0849. The van der Waals surface area contributed by atoms with Crippen LogP contribution in [-0.4, -0.2) is 61.6 Å². The first-order valence-corrected chi connectivity index (χ1v) is 8.93. The lowest BCUT2D eigenvalue weighted by Crippen LogP contribution is -2.37. The first-order chi connectivity index (χ1) is 11.3. The smallest absolute Gasteiger partial charge is 0.253 e. The molecule has 2 amide bonds. The lowest BCUT2D eigenvalue weighted by molar-refractivity contribution is -0.124. The number of amides is 2. The van der Waals surface area contributed by atoms with E-state index in [0.29, 0.717) is 17.3 Å². The van der Waals surface area contributed by atoms with E-state index in [1.807, 2.05) is 51.0 Å². The molecule has 1 aromatic carbocycles. The summed E-state index contributed by atoms with van der Waals surface area (Å²) < 4.78 is 0. The number of rotatable bonds is 5. The number of carbonyl (C=O) groups is 2. The summed E-state index contributed by atoms with van der Waals surface area (Å²) in [6.07, 6.45) is 1.58. The second-order valence-electron chi connectivity index (χ2n) is 6.26. The molecule has 24 heavy (non-hydrogen) atoms. The zero-order valence-electron chi connectivity index (χ0n) is 15.0. The van der Waals surface area contributed by atoms with E-state index in [1.54, 1.807) is 18.0 Å². The van der Waals surface area contributed by atoms with Crippen molar-refractivity contribution in [3.05, 3.63) is 40.4 Å². The molecule has 1 aliphatic heterocycles. The Hall–Kier alpha value is -1.79. The number of benzene rings is 1. The number of nitrogens with zero attached hydrogens (tertiary/aromatic N) is 3. The van der Waals surface area contributed by atoms with Gasteiger partial charge in [-0.05, 0) is 39.1 Å². The molecule has 0 aromatic heterocycles. The van der Waals surface area contributed by atoms with E-state index < -0.39 is 0 Å². The van der Waals surface area contributed by atoms with Gasteiger partial charge in [0.15, 0.2) is 0 Å². The number of aryl methyl sites for hydroxylation is 2. The van der Waals surface area contributed by atoms with Crippen molar-refractivity contribution in [1.29, 1.82) is 0 Å². The molecule has 0 unspecified atom stereocenters. The van der Waals surface area contributed by atoms with Gasteiger partial charge in [0.05, 0.1) is 10.8 Å². The lowest BCUT2D eigenvalue weighted by atomic mass is 10.1. The molecule has 0 aliphatic carbocycles. The maximum absolute atomic E-state index is 12.9. The van der Waals surface area contributed by atoms with E-state index in [9.17, 15) is 9.59 Å². The first-order valence-electron chi connectivity index (χ1n) is 7.94. The monoisotopic (exact) mass is 347 g/mol. The number of thioether (sulfide) groups is 1. The van der Waals surface area contributed by atoms with Gasteiger partial charge in [0.2, 0.25) is 5.91 Å². The Morgan fingerprint density at radius 1 is 1.25 bits per heavy atom. The minimum absolute atomic E-state index is 0.0333. The van der Waals surface area contributed by atoms with Crippen LogP contribution in [0.15, 0.2) is 29.3 Å². The van der Waals surface area contributed by atoms with Gasteiger partial charge in [0.25, 0.3) is 5.91 Å². The quantitative estimate of drug-likeness (QED) is 0.766. The third kappa shape index (κ3) is 4.19. The van der Waals surface area contributed by atoms with Crippen molar-refractivity contribution in [3.8, 4) is 0 Å². The van der Waals surface area contributed by atoms with Gasteiger partial charge < -0.3 is 14.7 Å². The van der Waals surface area contributed by atoms with Crippen LogP contribution in [0.25, 0.3) is 0 Å². The van der Waals surface area contributed by atoms with Gasteiger partial charge in [-0.1, -0.05) is 30.0 Å². The van der Waals surface area contributed by atoms with Crippen molar-refractivity contribution in [2.24, 2.45) is 0 Å². The Morgan fingerprint density at radius 2 is 1.88 bits per heavy atom. The second kappa shape index (κ2) is 7.85. The molecule has 1 aromatic rings. The summed E-state index contributed by atoms with van der Waals surface area (Å²) in [5.41, 5.74) is 3.10. The molecule has 130 valence electrons. The van der Waals surface area contributed by atoms with Gasteiger partial charge in [0, 0.05) is 31.9 Å². The highest BCUT2D eigenvalue weighted by Gasteiger charge is 2.25.